The zero-order valence-corrected chi connectivity index (χ0v) is 17.2. The quantitative estimate of drug-likeness (QED) is 0.329. The molecule has 150 valence electrons. The summed E-state index contributed by atoms with van der Waals surface area (Å²) < 4.78 is 12.6. The van der Waals surface area contributed by atoms with Crippen molar-refractivity contribution >= 4 is 0 Å². The fourth-order valence-corrected chi connectivity index (χ4v) is 8.69. The molecule has 0 radical (unpaired) electrons. The predicted molar refractivity (Wildman–Crippen MR) is 104 cm³/mol. The van der Waals surface area contributed by atoms with Gasteiger partial charge in [0.1, 0.15) is 0 Å². The summed E-state index contributed by atoms with van der Waals surface area (Å²) in [5.41, 5.74) is 9.74. The van der Waals surface area contributed by atoms with Gasteiger partial charge in [0.05, 0.1) is 13.2 Å². The van der Waals surface area contributed by atoms with Crippen LogP contribution in [0.25, 0.3) is 10.4 Å². The first-order chi connectivity index (χ1) is 12.9. The number of hydrogen-bond acceptors (Lipinski definition) is 3. The van der Waals surface area contributed by atoms with Crippen molar-refractivity contribution in [3.63, 3.8) is 0 Å². The van der Waals surface area contributed by atoms with Crippen LogP contribution >= 0.6 is 0 Å². The molecule has 7 atom stereocenters. The Bertz CT molecular complexity index is 670. The average molecular weight is 374 g/mol. The van der Waals surface area contributed by atoms with Crippen LogP contribution in [0.2, 0.25) is 0 Å². The SMILES string of the molecule is C[C@]12CC[C@H](N=[N+]=[N-])CC1CC[C@@H]1C2CC[C@]2(C)C3(CC[C@@]12C)OCCO3. The van der Waals surface area contributed by atoms with E-state index in [4.69, 9.17) is 15.0 Å². The van der Waals surface area contributed by atoms with Gasteiger partial charge >= 0.3 is 0 Å². The first-order valence-electron chi connectivity index (χ1n) is 11.2. The third kappa shape index (κ3) is 2.17. The van der Waals surface area contributed by atoms with Crippen molar-refractivity contribution in [2.45, 2.75) is 90.4 Å². The Morgan fingerprint density at radius 3 is 2.41 bits per heavy atom. The van der Waals surface area contributed by atoms with Crippen LogP contribution in [0.3, 0.4) is 0 Å². The van der Waals surface area contributed by atoms with Crippen molar-refractivity contribution in [1.82, 2.24) is 0 Å². The van der Waals surface area contributed by atoms with E-state index in [1.54, 1.807) is 0 Å². The molecule has 1 spiro atoms. The van der Waals surface area contributed by atoms with E-state index in [1.807, 2.05) is 0 Å². The highest BCUT2D eigenvalue weighted by Gasteiger charge is 2.72. The molecule has 1 heterocycles. The summed E-state index contributed by atoms with van der Waals surface area (Å²) in [6.45, 7) is 9.15. The second-order valence-electron chi connectivity index (χ2n) is 10.9. The van der Waals surface area contributed by atoms with Gasteiger partial charge in [0.15, 0.2) is 5.79 Å². The first-order valence-corrected chi connectivity index (χ1v) is 11.2. The molecular weight excluding hydrogens is 338 g/mol. The molecule has 0 bridgehead atoms. The van der Waals surface area contributed by atoms with Crippen LogP contribution in [0.15, 0.2) is 5.11 Å². The van der Waals surface area contributed by atoms with E-state index in [0.29, 0.717) is 10.8 Å². The lowest BCUT2D eigenvalue weighted by molar-refractivity contribution is -0.267. The summed E-state index contributed by atoms with van der Waals surface area (Å²) in [5, 5.41) is 4.08. The number of nitrogens with zero attached hydrogens (tertiary/aromatic N) is 3. The van der Waals surface area contributed by atoms with E-state index < -0.39 is 0 Å². The van der Waals surface area contributed by atoms with E-state index in [0.717, 1.165) is 50.2 Å². The van der Waals surface area contributed by atoms with Crippen LogP contribution in [0.1, 0.15) is 78.6 Å². The highest BCUT2D eigenvalue weighted by Crippen LogP contribution is 2.74. The molecule has 2 unspecified atom stereocenters. The van der Waals surface area contributed by atoms with Gasteiger partial charge in [-0.15, -0.1) is 0 Å². The van der Waals surface area contributed by atoms with Crippen molar-refractivity contribution in [3.8, 4) is 0 Å². The zero-order chi connectivity index (χ0) is 18.9. The number of hydrogen-bond donors (Lipinski definition) is 0. The maximum Gasteiger partial charge on any atom is 0.174 e. The lowest BCUT2D eigenvalue weighted by Crippen LogP contribution is -2.61. The lowest BCUT2D eigenvalue weighted by Gasteiger charge is -2.65. The molecular formula is C22H35N3O2. The van der Waals surface area contributed by atoms with Crippen LogP contribution in [0, 0.1) is 34.0 Å². The van der Waals surface area contributed by atoms with Crippen molar-refractivity contribution in [2.75, 3.05) is 13.2 Å². The Labute approximate surface area is 163 Å². The van der Waals surface area contributed by atoms with Crippen LogP contribution in [-0.4, -0.2) is 25.0 Å². The summed E-state index contributed by atoms with van der Waals surface area (Å²) in [7, 11) is 0. The summed E-state index contributed by atoms with van der Waals surface area (Å²) in [5.74, 6) is 1.99. The third-order valence-corrected chi connectivity index (χ3v) is 10.5. The molecule has 0 N–H and O–H groups in total. The fourth-order valence-electron chi connectivity index (χ4n) is 8.69. The van der Waals surface area contributed by atoms with Crippen molar-refractivity contribution in [1.29, 1.82) is 0 Å². The molecule has 5 heteroatoms. The molecule has 0 amide bonds. The minimum atomic E-state index is -0.316. The smallest absolute Gasteiger partial charge is 0.174 e. The number of rotatable bonds is 1. The van der Waals surface area contributed by atoms with Gasteiger partial charge in [-0.1, -0.05) is 25.9 Å². The Kier molecular flexibility index (Phi) is 3.97. The predicted octanol–water partition coefficient (Wildman–Crippen LogP) is 5.84. The molecule has 0 aromatic rings. The first kappa shape index (κ1) is 18.3. The van der Waals surface area contributed by atoms with Gasteiger partial charge in [0, 0.05) is 22.8 Å². The van der Waals surface area contributed by atoms with E-state index in [2.05, 4.69) is 30.8 Å². The maximum atomic E-state index is 8.87. The third-order valence-electron chi connectivity index (χ3n) is 10.5. The maximum absolute atomic E-state index is 8.87. The largest absolute Gasteiger partial charge is 0.347 e. The number of azide groups is 1. The molecule has 4 aliphatic carbocycles. The number of ether oxygens (including phenoxy) is 2. The van der Waals surface area contributed by atoms with Crippen LogP contribution < -0.4 is 0 Å². The lowest BCUT2D eigenvalue weighted by atomic mass is 9.41. The van der Waals surface area contributed by atoms with Gasteiger partial charge < -0.3 is 9.47 Å². The van der Waals surface area contributed by atoms with Crippen molar-refractivity contribution in [3.05, 3.63) is 10.4 Å². The second-order valence-corrected chi connectivity index (χ2v) is 10.9. The van der Waals surface area contributed by atoms with E-state index in [-0.39, 0.29) is 17.2 Å². The Morgan fingerprint density at radius 2 is 1.67 bits per heavy atom. The average Bonchev–Trinajstić information content (AvgIpc) is 3.22. The highest BCUT2D eigenvalue weighted by atomic mass is 16.7. The minimum absolute atomic E-state index is 0.142. The van der Waals surface area contributed by atoms with Gasteiger partial charge in [-0.25, -0.2) is 0 Å². The molecule has 5 fully saturated rings. The van der Waals surface area contributed by atoms with E-state index in [9.17, 15) is 0 Å². The van der Waals surface area contributed by atoms with Crippen LogP contribution in [0.4, 0.5) is 0 Å². The Hall–Kier alpha value is -0.770. The second kappa shape index (κ2) is 5.87. The Morgan fingerprint density at radius 1 is 0.889 bits per heavy atom. The molecule has 5 aliphatic rings. The monoisotopic (exact) mass is 373 g/mol. The van der Waals surface area contributed by atoms with Gasteiger partial charge in [-0.2, -0.15) is 0 Å². The molecule has 5 nitrogen and oxygen atoms in total. The highest BCUT2D eigenvalue weighted by molar-refractivity contribution is 5.18. The van der Waals surface area contributed by atoms with Gasteiger partial charge in [-0.3, -0.25) is 0 Å². The van der Waals surface area contributed by atoms with Gasteiger partial charge in [0.25, 0.3) is 0 Å². The van der Waals surface area contributed by atoms with Gasteiger partial charge in [-0.05, 0) is 85.5 Å². The summed E-state index contributed by atoms with van der Waals surface area (Å²) >= 11 is 0. The summed E-state index contributed by atoms with van der Waals surface area (Å²) in [6.07, 6.45) is 10.9. The molecule has 4 saturated carbocycles. The van der Waals surface area contributed by atoms with Crippen LogP contribution in [-0.2, 0) is 9.47 Å². The Balaban J connectivity index is 1.46. The fraction of sp³-hybridized carbons (Fsp3) is 1.00. The topological polar surface area (TPSA) is 67.2 Å². The summed E-state index contributed by atoms with van der Waals surface area (Å²) in [4.78, 5) is 3.10. The molecule has 27 heavy (non-hydrogen) atoms. The number of fused-ring (bicyclic) bond motifs is 6. The van der Waals surface area contributed by atoms with E-state index >= 15 is 0 Å². The van der Waals surface area contributed by atoms with Crippen molar-refractivity contribution in [2.24, 2.45) is 39.1 Å². The van der Waals surface area contributed by atoms with Crippen molar-refractivity contribution < 1.29 is 9.47 Å². The van der Waals surface area contributed by atoms with Gasteiger partial charge in [0.2, 0.25) is 0 Å². The standard InChI is InChI=1S/C22H35N3O2/c1-19-8-6-16(24-25-23)14-15(19)4-5-18-17(19)7-9-21(3)20(18,2)10-11-22(21)26-12-13-27-22/h15-18H,4-14H2,1-3H3/t15?,16-,17?,18+,19-,20-,21-/m0/s1. The van der Waals surface area contributed by atoms with E-state index in [1.165, 1.54) is 38.5 Å². The molecule has 5 rings (SSSR count). The molecule has 0 aromatic heterocycles. The minimum Gasteiger partial charge on any atom is -0.347 e. The molecule has 0 aromatic carbocycles. The normalized spacial score (nSPS) is 53.3. The zero-order valence-electron chi connectivity index (χ0n) is 17.2. The van der Waals surface area contributed by atoms with Crippen LogP contribution in [0.5, 0.6) is 0 Å². The molecule has 1 saturated heterocycles. The molecule has 1 aliphatic heterocycles. The summed E-state index contributed by atoms with van der Waals surface area (Å²) in [6, 6.07) is 0.226.